The second kappa shape index (κ2) is 7.94. The third-order valence-corrected chi connectivity index (χ3v) is 3.99. The van der Waals surface area contributed by atoms with Gasteiger partial charge in [0.15, 0.2) is 0 Å². The van der Waals surface area contributed by atoms with E-state index in [1.165, 1.54) is 12.1 Å². The maximum absolute atomic E-state index is 13.8. The Balaban J connectivity index is 2.03. The molecule has 1 aromatic rings. The number of hydrogen-bond donors (Lipinski definition) is 2. The topological polar surface area (TPSA) is 69.6 Å². The Kier molecular flexibility index (Phi) is 5.96. The molecule has 1 atom stereocenters. The second-order valence-electron chi connectivity index (χ2n) is 5.94. The molecule has 1 heterocycles. The van der Waals surface area contributed by atoms with Crippen LogP contribution in [-0.2, 0) is 16.0 Å². The minimum absolute atomic E-state index is 0.0217. The van der Waals surface area contributed by atoms with Crippen molar-refractivity contribution in [3.05, 3.63) is 29.6 Å². The van der Waals surface area contributed by atoms with Crippen molar-refractivity contribution in [1.82, 2.24) is 5.32 Å². The molecule has 5 nitrogen and oxygen atoms in total. The van der Waals surface area contributed by atoms with Gasteiger partial charge in [0, 0.05) is 18.8 Å². The number of carboxylic acid groups (broad SMARTS) is 1. The minimum Gasteiger partial charge on any atom is -0.480 e. The molecule has 0 bridgehead atoms. The molecule has 1 aliphatic heterocycles. The third kappa shape index (κ3) is 4.94. The van der Waals surface area contributed by atoms with Crippen molar-refractivity contribution < 1.29 is 19.1 Å². The van der Waals surface area contributed by atoms with E-state index in [1.54, 1.807) is 0 Å². The number of nitrogens with zero attached hydrogens (tertiary/aromatic N) is 1. The number of nitrogens with one attached hydrogen (secondary N) is 1. The largest absolute Gasteiger partial charge is 0.480 e. The summed E-state index contributed by atoms with van der Waals surface area (Å²) < 4.78 is 13.8. The zero-order valence-corrected chi connectivity index (χ0v) is 13.3. The lowest BCUT2D eigenvalue weighted by Crippen LogP contribution is -2.41. The number of carboxylic acids is 1. The smallest absolute Gasteiger partial charge is 0.326 e. The molecule has 126 valence electrons. The minimum atomic E-state index is -1.04. The Bertz CT molecular complexity index is 571. The summed E-state index contributed by atoms with van der Waals surface area (Å²) in [6.07, 6.45) is 3.19. The maximum atomic E-state index is 13.8. The van der Waals surface area contributed by atoms with Crippen LogP contribution in [0.5, 0.6) is 0 Å². The molecule has 1 aliphatic rings. The summed E-state index contributed by atoms with van der Waals surface area (Å²) in [7, 11) is 0. The fraction of sp³-hybridized carbons (Fsp3) is 0.529. The first-order chi connectivity index (χ1) is 11.0. The number of benzene rings is 1. The van der Waals surface area contributed by atoms with Crippen molar-refractivity contribution >= 4 is 17.6 Å². The van der Waals surface area contributed by atoms with Crippen molar-refractivity contribution in [2.75, 3.05) is 18.0 Å². The summed E-state index contributed by atoms with van der Waals surface area (Å²) >= 11 is 0. The Morgan fingerprint density at radius 2 is 2.00 bits per heavy atom. The monoisotopic (exact) mass is 322 g/mol. The average Bonchev–Trinajstić information content (AvgIpc) is 3.00. The van der Waals surface area contributed by atoms with Crippen LogP contribution < -0.4 is 10.2 Å². The summed E-state index contributed by atoms with van der Waals surface area (Å²) in [5, 5.41) is 11.6. The number of halogens is 1. The van der Waals surface area contributed by atoms with Gasteiger partial charge in [-0.05, 0) is 43.0 Å². The number of carbonyl (C=O) groups is 2. The molecule has 2 N–H and O–H groups in total. The molecule has 0 aliphatic carbocycles. The van der Waals surface area contributed by atoms with E-state index in [4.69, 9.17) is 5.11 Å². The van der Waals surface area contributed by atoms with Crippen LogP contribution in [0.15, 0.2) is 18.2 Å². The van der Waals surface area contributed by atoms with E-state index in [9.17, 15) is 14.0 Å². The van der Waals surface area contributed by atoms with Gasteiger partial charge >= 0.3 is 5.97 Å². The predicted molar refractivity (Wildman–Crippen MR) is 86.0 cm³/mol. The van der Waals surface area contributed by atoms with Crippen molar-refractivity contribution in [3.8, 4) is 0 Å². The number of rotatable bonds is 7. The normalized spacial score (nSPS) is 15.5. The average molecular weight is 322 g/mol. The maximum Gasteiger partial charge on any atom is 0.326 e. The van der Waals surface area contributed by atoms with Gasteiger partial charge in [0.1, 0.15) is 11.9 Å². The summed E-state index contributed by atoms with van der Waals surface area (Å²) in [5.74, 6) is -1.82. The number of amides is 1. The van der Waals surface area contributed by atoms with Crippen LogP contribution >= 0.6 is 0 Å². The fourth-order valence-electron chi connectivity index (χ4n) is 2.87. The van der Waals surface area contributed by atoms with Gasteiger partial charge in [-0.1, -0.05) is 13.3 Å². The molecule has 0 saturated carbocycles. The summed E-state index contributed by atoms with van der Waals surface area (Å²) in [6, 6.07) is 3.72. The van der Waals surface area contributed by atoms with E-state index >= 15 is 0 Å². The summed E-state index contributed by atoms with van der Waals surface area (Å²) in [5.41, 5.74) is 1.35. The van der Waals surface area contributed by atoms with Gasteiger partial charge < -0.3 is 15.3 Å². The van der Waals surface area contributed by atoms with Crippen LogP contribution in [0, 0.1) is 5.82 Å². The van der Waals surface area contributed by atoms with Gasteiger partial charge in [0.25, 0.3) is 0 Å². The Hall–Kier alpha value is -2.11. The first kappa shape index (κ1) is 17.2. The van der Waals surface area contributed by atoms with Crippen LogP contribution in [0.4, 0.5) is 10.1 Å². The molecule has 2 rings (SSSR count). The molecule has 1 saturated heterocycles. The van der Waals surface area contributed by atoms with Gasteiger partial charge in [0.05, 0.1) is 6.42 Å². The van der Waals surface area contributed by atoms with Crippen LogP contribution in [0.1, 0.15) is 38.2 Å². The molecule has 6 heteroatoms. The second-order valence-corrected chi connectivity index (χ2v) is 5.94. The van der Waals surface area contributed by atoms with Crippen molar-refractivity contribution in [3.63, 3.8) is 0 Å². The molecule has 1 aromatic carbocycles. The molecule has 0 radical (unpaired) electrons. The summed E-state index contributed by atoms with van der Waals surface area (Å²) in [4.78, 5) is 25.2. The van der Waals surface area contributed by atoms with E-state index in [-0.39, 0.29) is 12.2 Å². The molecular formula is C17H23FN2O3. The Morgan fingerprint density at radius 1 is 1.30 bits per heavy atom. The van der Waals surface area contributed by atoms with Crippen LogP contribution in [0.2, 0.25) is 0 Å². The lowest BCUT2D eigenvalue weighted by molar-refractivity contribution is -0.141. The molecule has 23 heavy (non-hydrogen) atoms. The Morgan fingerprint density at radius 3 is 2.61 bits per heavy atom. The van der Waals surface area contributed by atoms with E-state index in [0.29, 0.717) is 18.4 Å². The molecule has 1 amide bonds. The van der Waals surface area contributed by atoms with Crippen LogP contribution in [0.3, 0.4) is 0 Å². The highest BCUT2D eigenvalue weighted by atomic mass is 19.1. The van der Waals surface area contributed by atoms with Gasteiger partial charge in [-0.3, -0.25) is 4.79 Å². The zero-order valence-electron chi connectivity index (χ0n) is 13.3. The number of anilines is 1. The van der Waals surface area contributed by atoms with Crippen LogP contribution in [0.25, 0.3) is 0 Å². The lowest BCUT2D eigenvalue weighted by atomic mass is 10.1. The lowest BCUT2D eigenvalue weighted by Gasteiger charge is -2.19. The van der Waals surface area contributed by atoms with Gasteiger partial charge in [-0.2, -0.15) is 0 Å². The molecule has 1 unspecified atom stereocenters. The summed E-state index contributed by atoms with van der Waals surface area (Å²) in [6.45, 7) is 3.65. The van der Waals surface area contributed by atoms with Crippen LogP contribution in [-0.4, -0.2) is 36.1 Å². The van der Waals surface area contributed by atoms with E-state index < -0.39 is 17.9 Å². The number of aliphatic carboxylic acids is 1. The SMILES string of the molecule is CCCC(NC(=O)Cc1cc(F)cc(N2CCCC2)c1)C(=O)O. The molecule has 1 fully saturated rings. The fourth-order valence-corrected chi connectivity index (χ4v) is 2.87. The molecule has 0 aromatic heterocycles. The Labute approximate surface area is 135 Å². The predicted octanol–water partition coefficient (Wildman–Crippen LogP) is 2.34. The first-order valence-corrected chi connectivity index (χ1v) is 8.06. The highest BCUT2D eigenvalue weighted by Crippen LogP contribution is 2.23. The van der Waals surface area contributed by atoms with Gasteiger partial charge in [-0.15, -0.1) is 0 Å². The van der Waals surface area contributed by atoms with Crippen molar-refractivity contribution in [2.45, 2.75) is 45.1 Å². The highest BCUT2D eigenvalue weighted by molar-refractivity contribution is 5.85. The van der Waals surface area contributed by atoms with Crippen molar-refractivity contribution in [1.29, 1.82) is 0 Å². The first-order valence-electron chi connectivity index (χ1n) is 8.06. The zero-order chi connectivity index (χ0) is 16.8. The van der Waals surface area contributed by atoms with Gasteiger partial charge in [-0.25, -0.2) is 9.18 Å². The third-order valence-electron chi connectivity index (χ3n) is 3.99. The quantitative estimate of drug-likeness (QED) is 0.808. The van der Waals surface area contributed by atoms with Crippen molar-refractivity contribution in [2.24, 2.45) is 0 Å². The molecular weight excluding hydrogens is 299 g/mol. The standard InChI is InChI=1S/C17H23FN2O3/c1-2-5-15(17(22)23)19-16(21)10-12-8-13(18)11-14(9-12)20-6-3-4-7-20/h8-9,11,15H,2-7,10H2,1H3,(H,19,21)(H,22,23). The molecule has 0 spiro atoms. The van der Waals surface area contributed by atoms with Gasteiger partial charge in [0.2, 0.25) is 5.91 Å². The van der Waals surface area contributed by atoms with E-state index in [1.807, 2.05) is 13.0 Å². The number of carbonyl (C=O) groups excluding carboxylic acids is 1. The highest BCUT2D eigenvalue weighted by Gasteiger charge is 2.20. The van der Waals surface area contributed by atoms with E-state index in [0.717, 1.165) is 31.6 Å². The van der Waals surface area contributed by atoms with E-state index in [2.05, 4.69) is 10.2 Å². The number of hydrogen-bond acceptors (Lipinski definition) is 3.